The van der Waals surface area contributed by atoms with Gasteiger partial charge in [0, 0.05) is 6.20 Å². The quantitative estimate of drug-likeness (QED) is 0.655. The zero-order valence-corrected chi connectivity index (χ0v) is 10.5. The molecule has 102 valence electrons. The van der Waals surface area contributed by atoms with Crippen LogP contribution in [0, 0.1) is 0 Å². The van der Waals surface area contributed by atoms with Gasteiger partial charge >= 0.3 is 0 Å². The topological polar surface area (TPSA) is 101 Å². The number of halogens is 1. The van der Waals surface area contributed by atoms with Crippen molar-refractivity contribution in [3.05, 3.63) is 23.7 Å². The van der Waals surface area contributed by atoms with E-state index in [1.807, 2.05) is 0 Å². The second-order valence-electron chi connectivity index (χ2n) is 4.35. The Morgan fingerprint density at radius 1 is 1.32 bits per heavy atom. The second-order valence-corrected chi connectivity index (χ2v) is 4.71. The summed E-state index contributed by atoms with van der Waals surface area (Å²) in [5.41, 5.74) is 1.12. The van der Waals surface area contributed by atoms with Crippen LogP contribution in [0.25, 0.3) is 11.0 Å². The van der Waals surface area contributed by atoms with Crippen molar-refractivity contribution in [1.82, 2.24) is 14.5 Å². The molecule has 2 aromatic rings. The van der Waals surface area contributed by atoms with Crippen molar-refractivity contribution in [2.24, 2.45) is 0 Å². The number of ether oxygens (including phenoxy) is 1. The zero-order valence-electron chi connectivity index (χ0n) is 9.72. The maximum atomic E-state index is 9.98. The molecule has 3 rings (SSSR count). The minimum atomic E-state index is -1.15. The lowest BCUT2D eigenvalue weighted by molar-refractivity contribution is -0.0508. The molecule has 1 saturated heterocycles. The van der Waals surface area contributed by atoms with E-state index in [1.165, 1.54) is 12.5 Å². The molecule has 3 N–H and O–H groups in total. The van der Waals surface area contributed by atoms with Crippen molar-refractivity contribution in [2.75, 3.05) is 6.61 Å². The molecule has 0 amide bonds. The van der Waals surface area contributed by atoms with Crippen molar-refractivity contribution in [1.29, 1.82) is 0 Å². The van der Waals surface area contributed by atoms with E-state index in [0.29, 0.717) is 11.0 Å². The molecule has 1 aliphatic rings. The normalized spacial score (nSPS) is 31.2. The van der Waals surface area contributed by atoms with Gasteiger partial charge in [-0.15, -0.1) is 0 Å². The minimum Gasteiger partial charge on any atom is -0.394 e. The van der Waals surface area contributed by atoms with Gasteiger partial charge in [0.15, 0.2) is 11.4 Å². The lowest BCUT2D eigenvalue weighted by atomic mass is 10.1. The summed E-state index contributed by atoms with van der Waals surface area (Å²) in [7, 11) is 0. The summed E-state index contributed by atoms with van der Waals surface area (Å²) in [5.74, 6) is 0. The van der Waals surface area contributed by atoms with Gasteiger partial charge < -0.3 is 24.6 Å². The number of aliphatic hydroxyl groups is 3. The number of hydrogen-bond donors (Lipinski definition) is 3. The predicted molar refractivity (Wildman–Crippen MR) is 65.5 cm³/mol. The molecule has 0 radical (unpaired) electrons. The fourth-order valence-electron chi connectivity index (χ4n) is 2.24. The van der Waals surface area contributed by atoms with E-state index in [-0.39, 0.29) is 11.8 Å². The van der Waals surface area contributed by atoms with Crippen LogP contribution in [-0.2, 0) is 4.74 Å². The standard InChI is InChI=1S/C11H12ClN3O4/c12-10-7-5(1-2-13-10)15(4-14-7)11-9(18)8(17)6(3-16)19-11/h1-2,4,6,8-9,11,16-18H,3H2/t6-,8-,9-,11+/m1/s1. The van der Waals surface area contributed by atoms with Gasteiger partial charge in [-0.1, -0.05) is 11.6 Å². The molecule has 19 heavy (non-hydrogen) atoms. The molecular formula is C11H12ClN3O4. The first-order valence-electron chi connectivity index (χ1n) is 5.73. The third-order valence-electron chi connectivity index (χ3n) is 3.24. The summed E-state index contributed by atoms with van der Waals surface area (Å²) >= 11 is 5.92. The monoisotopic (exact) mass is 285 g/mol. The molecule has 0 saturated carbocycles. The Hall–Kier alpha value is -1.25. The first-order chi connectivity index (χ1) is 9.13. The first-order valence-corrected chi connectivity index (χ1v) is 6.10. The van der Waals surface area contributed by atoms with Crippen LogP contribution in [0.15, 0.2) is 18.6 Å². The molecule has 8 heteroatoms. The number of fused-ring (bicyclic) bond motifs is 1. The zero-order chi connectivity index (χ0) is 13.6. The van der Waals surface area contributed by atoms with Crippen molar-refractivity contribution in [2.45, 2.75) is 24.5 Å². The smallest absolute Gasteiger partial charge is 0.164 e. The highest BCUT2D eigenvalue weighted by molar-refractivity contribution is 6.33. The van der Waals surface area contributed by atoms with E-state index in [1.54, 1.807) is 10.6 Å². The number of nitrogens with zero attached hydrogens (tertiary/aromatic N) is 3. The molecule has 1 aliphatic heterocycles. The summed E-state index contributed by atoms with van der Waals surface area (Å²) in [6, 6.07) is 1.68. The molecule has 0 bridgehead atoms. The van der Waals surface area contributed by atoms with Gasteiger partial charge in [-0.05, 0) is 6.07 Å². The highest BCUT2D eigenvalue weighted by Crippen LogP contribution is 2.32. The molecule has 0 aliphatic carbocycles. The first kappa shape index (κ1) is 12.8. The Morgan fingerprint density at radius 2 is 2.11 bits per heavy atom. The van der Waals surface area contributed by atoms with Crippen molar-refractivity contribution < 1.29 is 20.1 Å². The highest BCUT2D eigenvalue weighted by Gasteiger charge is 2.43. The number of aliphatic hydroxyl groups excluding tert-OH is 3. The predicted octanol–water partition coefficient (Wildman–Crippen LogP) is -0.304. The van der Waals surface area contributed by atoms with E-state index in [4.69, 9.17) is 21.4 Å². The number of imidazole rings is 1. The summed E-state index contributed by atoms with van der Waals surface area (Å²) in [6.45, 7) is -0.371. The van der Waals surface area contributed by atoms with E-state index >= 15 is 0 Å². The number of pyridine rings is 1. The number of aromatic nitrogens is 3. The van der Waals surface area contributed by atoms with Crippen LogP contribution in [-0.4, -0.2) is 54.8 Å². The Morgan fingerprint density at radius 3 is 2.79 bits per heavy atom. The van der Waals surface area contributed by atoms with Crippen LogP contribution in [0.4, 0.5) is 0 Å². The van der Waals surface area contributed by atoms with Gasteiger partial charge in [-0.3, -0.25) is 0 Å². The lowest BCUT2D eigenvalue weighted by Crippen LogP contribution is -2.33. The van der Waals surface area contributed by atoms with Gasteiger partial charge in [-0.2, -0.15) is 0 Å². The molecule has 3 heterocycles. The van der Waals surface area contributed by atoms with Gasteiger partial charge in [0.05, 0.1) is 18.5 Å². The second kappa shape index (κ2) is 4.69. The molecular weight excluding hydrogens is 274 g/mol. The SMILES string of the molecule is OC[C@H]1O[C@H](n2cnc3c(Cl)nccc32)[C@H](O)[C@@H]1O. The van der Waals surface area contributed by atoms with Crippen molar-refractivity contribution in [3.8, 4) is 0 Å². The Kier molecular flexibility index (Phi) is 3.15. The third kappa shape index (κ3) is 1.90. The largest absolute Gasteiger partial charge is 0.394 e. The van der Waals surface area contributed by atoms with E-state index in [0.717, 1.165) is 0 Å². The minimum absolute atomic E-state index is 0.253. The van der Waals surface area contributed by atoms with E-state index in [9.17, 15) is 10.2 Å². The lowest BCUT2D eigenvalue weighted by Gasteiger charge is -2.16. The molecule has 4 atom stereocenters. The van der Waals surface area contributed by atoms with E-state index in [2.05, 4.69) is 9.97 Å². The third-order valence-corrected chi connectivity index (χ3v) is 3.52. The van der Waals surface area contributed by atoms with Gasteiger partial charge in [0.25, 0.3) is 0 Å². The number of rotatable bonds is 2. The molecule has 7 nitrogen and oxygen atoms in total. The highest BCUT2D eigenvalue weighted by atomic mass is 35.5. The fraction of sp³-hybridized carbons (Fsp3) is 0.455. The molecule has 1 fully saturated rings. The van der Waals surface area contributed by atoms with Crippen LogP contribution in [0.2, 0.25) is 5.15 Å². The molecule has 2 aromatic heterocycles. The maximum absolute atomic E-state index is 9.98. The Labute approximate surface area is 113 Å². The maximum Gasteiger partial charge on any atom is 0.164 e. The van der Waals surface area contributed by atoms with Crippen molar-refractivity contribution in [3.63, 3.8) is 0 Å². The molecule has 0 unspecified atom stereocenters. The summed E-state index contributed by atoms with van der Waals surface area (Å²) < 4.78 is 7.00. The Bertz CT molecular complexity index is 605. The van der Waals surface area contributed by atoms with E-state index < -0.39 is 24.5 Å². The van der Waals surface area contributed by atoms with Gasteiger partial charge in [0.1, 0.15) is 23.8 Å². The average molecular weight is 286 g/mol. The van der Waals surface area contributed by atoms with Crippen LogP contribution < -0.4 is 0 Å². The van der Waals surface area contributed by atoms with Gasteiger partial charge in [-0.25, -0.2) is 9.97 Å². The van der Waals surface area contributed by atoms with Crippen LogP contribution in [0.5, 0.6) is 0 Å². The summed E-state index contributed by atoms with van der Waals surface area (Å²) in [5, 5.41) is 29.1. The summed E-state index contributed by atoms with van der Waals surface area (Å²) in [6.07, 6.45) is -0.973. The van der Waals surface area contributed by atoms with Crippen LogP contribution in [0.1, 0.15) is 6.23 Å². The number of hydrogen-bond acceptors (Lipinski definition) is 6. The van der Waals surface area contributed by atoms with Crippen LogP contribution >= 0.6 is 11.6 Å². The summed E-state index contributed by atoms with van der Waals surface area (Å²) in [4.78, 5) is 8.02. The van der Waals surface area contributed by atoms with Crippen molar-refractivity contribution >= 4 is 22.6 Å². The molecule has 0 aromatic carbocycles. The average Bonchev–Trinajstić information content (AvgIpc) is 2.94. The molecule has 0 spiro atoms. The Balaban J connectivity index is 2.04. The fourth-order valence-corrected chi connectivity index (χ4v) is 2.44. The van der Waals surface area contributed by atoms with Gasteiger partial charge in [0.2, 0.25) is 0 Å². The van der Waals surface area contributed by atoms with Crippen LogP contribution in [0.3, 0.4) is 0 Å².